The summed E-state index contributed by atoms with van der Waals surface area (Å²) in [5, 5.41) is 5.93. The average molecular weight is 347 g/mol. The van der Waals surface area contributed by atoms with E-state index in [1.165, 1.54) is 5.69 Å². The number of anilines is 1. The number of rotatable bonds is 7. The largest absolute Gasteiger partial charge is 0.497 e. The van der Waals surface area contributed by atoms with Gasteiger partial charge in [0.15, 0.2) is 0 Å². The summed E-state index contributed by atoms with van der Waals surface area (Å²) < 4.78 is 10.9. The van der Waals surface area contributed by atoms with Gasteiger partial charge in [-0.25, -0.2) is 4.79 Å². The molecule has 6 nitrogen and oxygen atoms in total. The molecule has 2 N–H and O–H groups in total. The van der Waals surface area contributed by atoms with Crippen LogP contribution in [0.5, 0.6) is 5.75 Å². The monoisotopic (exact) mass is 347 g/mol. The fourth-order valence-electron chi connectivity index (χ4n) is 3.56. The molecule has 3 rings (SSSR count). The molecule has 2 heterocycles. The highest BCUT2D eigenvalue weighted by molar-refractivity contribution is 5.73. The third kappa shape index (κ3) is 5.26. The molecule has 1 aromatic rings. The third-order valence-corrected chi connectivity index (χ3v) is 5.03. The number of ether oxygens (including phenoxy) is 2. The standard InChI is InChI=1S/C19H29N3O3/c1-24-18-5-2-4-16(12-18)22-10-8-15(14-22)13-21-19(23)20-9-7-17-6-3-11-25-17/h2,4-5,12,15,17H,3,6-11,13-14H2,1H3,(H2,20,21,23). The Labute approximate surface area is 149 Å². The highest BCUT2D eigenvalue weighted by Gasteiger charge is 2.23. The van der Waals surface area contributed by atoms with Gasteiger partial charge in [-0.15, -0.1) is 0 Å². The summed E-state index contributed by atoms with van der Waals surface area (Å²) in [6, 6.07) is 8.07. The minimum Gasteiger partial charge on any atom is -0.497 e. The predicted octanol–water partition coefficient (Wildman–Crippen LogP) is 2.39. The predicted molar refractivity (Wildman–Crippen MR) is 98.3 cm³/mol. The van der Waals surface area contributed by atoms with E-state index in [1.807, 2.05) is 12.1 Å². The molecule has 138 valence electrons. The van der Waals surface area contributed by atoms with Gasteiger partial charge in [-0.2, -0.15) is 0 Å². The van der Waals surface area contributed by atoms with Crippen molar-refractivity contribution in [2.24, 2.45) is 5.92 Å². The van der Waals surface area contributed by atoms with Crippen molar-refractivity contribution >= 4 is 11.7 Å². The maximum Gasteiger partial charge on any atom is 0.314 e. The highest BCUT2D eigenvalue weighted by Crippen LogP contribution is 2.26. The first-order chi connectivity index (χ1) is 12.2. The van der Waals surface area contributed by atoms with Crippen LogP contribution in [-0.4, -0.2) is 52.0 Å². The van der Waals surface area contributed by atoms with Crippen molar-refractivity contribution in [2.75, 3.05) is 44.8 Å². The molecule has 0 bridgehead atoms. The van der Waals surface area contributed by atoms with Gasteiger partial charge in [-0.3, -0.25) is 0 Å². The molecule has 2 aliphatic rings. The summed E-state index contributed by atoms with van der Waals surface area (Å²) in [6.45, 7) is 4.23. The number of hydrogen-bond acceptors (Lipinski definition) is 4. The van der Waals surface area contributed by atoms with Crippen molar-refractivity contribution < 1.29 is 14.3 Å². The minimum atomic E-state index is -0.0715. The van der Waals surface area contributed by atoms with Crippen molar-refractivity contribution in [3.8, 4) is 5.75 Å². The SMILES string of the molecule is COc1cccc(N2CCC(CNC(=O)NCCC3CCCO3)C2)c1. The Morgan fingerprint density at radius 2 is 2.28 bits per heavy atom. The molecular weight excluding hydrogens is 318 g/mol. The van der Waals surface area contributed by atoms with Crippen molar-refractivity contribution in [1.82, 2.24) is 10.6 Å². The molecule has 0 saturated carbocycles. The van der Waals surface area contributed by atoms with E-state index in [2.05, 4.69) is 27.7 Å². The van der Waals surface area contributed by atoms with E-state index in [-0.39, 0.29) is 6.03 Å². The van der Waals surface area contributed by atoms with Crippen LogP contribution in [0.3, 0.4) is 0 Å². The maximum absolute atomic E-state index is 11.9. The molecule has 6 heteroatoms. The highest BCUT2D eigenvalue weighted by atomic mass is 16.5. The molecule has 2 amide bonds. The lowest BCUT2D eigenvalue weighted by atomic mass is 10.1. The summed E-state index contributed by atoms with van der Waals surface area (Å²) in [6.07, 6.45) is 4.58. The lowest BCUT2D eigenvalue weighted by Gasteiger charge is -2.19. The first kappa shape index (κ1) is 17.9. The molecule has 2 atom stereocenters. The Kier molecular flexibility index (Phi) is 6.39. The zero-order valence-electron chi connectivity index (χ0n) is 15.0. The molecule has 25 heavy (non-hydrogen) atoms. The lowest BCUT2D eigenvalue weighted by Crippen LogP contribution is -2.39. The van der Waals surface area contributed by atoms with Gasteiger partial charge in [0.25, 0.3) is 0 Å². The zero-order valence-corrected chi connectivity index (χ0v) is 15.0. The van der Waals surface area contributed by atoms with Crippen LogP contribution in [0.1, 0.15) is 25.7 Å². The molecule has 0 aromatic heterocycles. The second-order valence-corrected chi connectivity index (χ2v) is 6.86. The Bertz CT molecular complexity index is 561. The van der Waals surface area contributed by atoms with Crippen LogP contribution in [0.15, 0.2) is 24.3 Å². The van der Waals surface area contributed by atoms with Crippen molar-refractivity contribution in [3.63, 3.8) is 0 Å². The molecule has 2 fully saturated rings. The number of amides is 2. The first-order valence-electron chi connectivity index (χ1n) is 9.27. The van der Waals surface area contributed by atoms with Crippen LogP contribution in [0.4, 0.5) is 10.5 Å². The molecule has 0 aliphatic carbocycles. The summed E-state index contributed by atoms with van der Waals surface area (Å²) >= 11 is 0. The summed E-state index contributed by atoms with van der Waals surface area (Å²) in [7, 11) is 1.69. The topological polar surface area (TPSA) is 62.8 Å². The summed E-state index contributed by atoms with van der Waals surface area (Å²) in [5.41, 5.74) is 1.18. The van der Waals surface area contributed by atoms with Gasteiger partial charge in [-0.05, 0) is 43.7 Å². The molecule has 0 radical (unpaired) electrons. The van der Waals surface area contributed by atoms with Gasteiger partial charge in [0, 0.05) is 44.5 Å². The molecule has 2 unspecified atom stereocenters. The smallest absolute Gasteiger partial charge is 0.314 e. The Balaban J connectivity index is 1.34. The van der Waals surface area contributed by atoms with Crippen LogP contribution in [0.25, 0.3) is 0 Å². The number of methoxy groups -OCH3 is 1. The van der Waals surface area contributed by atoms with E-state index in [1.54, 1.807) is 7.11 Å². The van der Waals surface area contributed by atoms with Crippen molar-refractivity contribution in [3.05, 3.63) is 24.3 Å². The van der Waals surface area contributed by atoms with Gasteiger partial charge in [0.2, 0.25) is 0 Å². The lowest BCUT2D eigenvalue weighted by molar-refractivity contribution is 0.104. The van der Waals surface area contributed by atoms with E-state index in [4.69, 9.17) is 9.47 Å². The quantitative estimate of drug-likeness (QED) is 0.795. The summed E-state index contributed by atoms with van der Waals surface area (Å²) in [5.74, 6) is 1.36. The van der Waals surface area contributed by atoms with Crippen LogP contribution < -0.4 is 20.3 Å². The van der Waals surface area contributed by atoms with E-state index in [9.17, 15) is 4.79 Å². The maximum atomic E-state index is 11.9. The first-order valence-corrected chi connectivity index (χ1v) is 9.27. The second kappa shape index (κ2) is 8.94. The number of nitrogens with one attached hydrogen (secondary N) is 2. The zero-order chi connectivity index (χ0) is 17.5. The van der Waals surface area contributed by atoms with E-state index in [0.29, 0.717) is 25.1 Å². The Morgan fingerprint density at radius 3 is 3.08 bits per heavy atom. The number of carbonyl (C=O) groups excluding carboxylic acids is 1. The molecule has 2 saturated heterocycles. The van der Waals surface area contributed by atoms with Crippen molar-refractivity contribution in [2.45, 2.75) is 31.8 Å². The van der Waals surface area contributed by atoms with Crippen LogP contribution in [-0.2, 0) is 4.74 Å². The third-order valence-electron chi connectivity index (χ3n) is 5.03. The number of hydrogen-bond donors (Lipinski definition) is 2. The fraction of sp³-hybridized carbons (Fsp3) is 0.632. The van der Waals surface area contributed by atoms with E-state index in [0.717, 1.165) is 51.1 Å². The van der Waals surface area contributed by atoms with Gasteiger partial charge in [0.05, 0.1) is 13.2 Å². The van der Waals surface area contributed by atoms with Crippen LogP contribution in [0.2, 0.25) is 0 Å². The van der Waals surface area contributed by atoms with E-state index >= 15 is 0 Å². The van der Waals surface area contributed by atoms with E-state index < -0.39 is 0 Å². The fourth-order valence-corrected chi connectivity index (χ4v) is 3.56. The van der Waals surface area contributed by atoms with Crippen molar-refractivity contribution in [1.29, 1.82) is 0 Å². The molecular formula is C19H29N3O3. The van der Waals surface area contributed by atoms with Crippen LogP contribution in [0, 0.1) is 5.92 Å². The summed E-state index contributed by atoms with van der Waals surface area (Å²) in [4.78, 5) is 14.3. The van der Waals surface area contributed by atoms with Gasteiger partial charge >= 0.3 is 6.03 Å². The average Bonchev–Trinajstić information content (AvgIpc) is 3.32. The van der Waals surface area contributed by atoms with Gasteiger partial charge in [0.1, 0.15) is 5.75 Å². The number of carbonyl (C=O) groups is 1. The Hall–Kier alpha value is -1.95. The minimum absolute atomic E-state index is 0.0715. The van der Waals surface area contributed by atoms with Crippen LogP contribution >= 0.6 is 0 Å². The number of benzene rings is 1. The van der Waals surface area contributed by atoms with Gasteiger partial charge in [-0.1, -0.05) is 6.07 Å². The van der Waals surface area contributed by atoms with Gasteiger partial charge < -0.3 is 25.0 Å². The number of urea groups is 1. The Morgan fingerprint density at radius 1 is 1.36 bits per heavy atom. The molecule has 1 aromatic carbocycles. The second-order valence-electron chi connectivity index (χ2n) is 6.86. The normalized spacial score (nSPS) is 22.8. The molecule has 0 spiro atoms. The molecule has 2 aliphatic heterocycles. The number of nitrogens with zero attached hydrogens (tertiary/aromatic N) is 1.